The maximum Gasteiger partial charge on any atom is 0.119 e. The Morgan fingerprint density at radius 2 is 2.29 bits per heavy atom. The molecule has 1 N–H and O–H groups in total. The predicted octanol–water partition coefficient (Wildman–Crippen LogP) is 2.01. The Morgan fingerprint density at radius 1 is 1.43 bits per heavy atom. The van der Waals surface area contributed by atoms with Crippen LogP contribution in [0.15, 0.2) is 24.4 Å². The van der Waals surface area contributed by atoms with Gasteiger partial charge in [-0.05, 0) is 19.1 Å². The van der Waals surface area contributed by atoms with Crippen molar-refractivity contribution in [1.82, 2.24) is 9.97 Å². The highest BCUT2D eigenvalue weighted by Gasteiger charge is 2.09. The molecule has 2 aromatic heterocycles. The fourth-order valence-corrected chi connectivity index (χ4v) is 2.06. The van der Waals surface area contributed by atoms with Crippen LogP contribution in [0.4, 0.5) is 0 Å². The van der Waals surface area contributed by atoms with Crippen LogP contribution in [0, 0.1) is 6.92 Å². The fourth-order valence-electron chi connectivity index (χ4n) is 1.26. The number of rotatable bonds is 2. The van der Waals surface area contributed by atoms with E-state index in [-0.39, 0.29) is 6.61 Å². The van der Waals surface area contributed by atoms with Crippen LogP contribution in [0.2, 0.25) is 0 Å². The van der Waals surface area contributed by atoms with Crippen LogP contribution < -0.4 is 0 Å². The monoisotopic (exact) mass is 206 g/mol. The number of aliphatic hydroxyl groups is 1. The van der Waals surface area contributed by atoms with Crippen molar-refractivity contribution in [2.75, 3.05) is 0 Å². The van der Waals surface area contributed by atoms with Crippen LogP contribution in [0.5, 0.6) is 0 Å². The predicted molar refractivity (Wildman–Crippen MR) is 56.0 cm³/mol. The quantitative estimate of drug-likeness (QED) is 0.817. The maximum atomic E-state index is 8.95. The average Bonchev–Trinajstić information content (AvgIpc) is 2.61. The van der Waals surface area contributed by atoms with E-state index in [2.05, 4.69) is 9.97 Å². The Hall–Kier alpha value is -1.26. The number of thiazole rings is 1. The minimum Gasteiger partial charge on any atom is -0.389 e. The van der Waals surface area contributed by atoms with Gasteiger partial charge in [-0.3, -0.25) is 4.98 Å². The molecule has 0 saturated heterocycles. The van der Waals surface area contributed by atoms with Crippen molar-refractivity contribution < 1.29 is 5.11 Å². The molecule has 0 atom stereocenters. The summed E-state index contributed by atoms with van der Waals surface area (Å²) in [5.74, 6) is 0. The molecule has 0 saturated carbocycles. The third-order valence-electron chi connectivity index (χ3n) is 1.88. The van der Waals surface area contributed by atoms with Crippen LogP contribution in [0.1, 0.15) is 9.88 Å². The van der Waals surface area contributed by atoms with Crippen LogP contribution in [-0.4, -0.2) is 15.1 Å². The second-order valence-electron chi connectivity index (χ2n) is 2.89. The molecule has 0 bridgehead atoms. The first-order valence-electron chi connectivity index (χ1n) is 4.30. The van der Waals surface area contributed by atoms with Crippen molar-refractivity contribution in [3.05, 3.63) is 34.3 Å². The largest absolute Gasteiger partial charge is 0.389 e. The van der Waals surface area contributed by atoms with Gasteiger partial charge in [-0.15, -0.1) is 11.3 Å². The molecule has 0 unspecified atom stereocenters. The number of aryl methyl sites for hydroxylation is 1. The molecule has 0 aromatic carbocycles. The van der Waals surface area contributed by atoms with E-state index in [9.17, 15) is 0 Å². The van der Waals surface area contributed by atoms with Crippen molar-refractivity contribution in [2.24, 2.45) is 0 Å². The summed E-state index contributed by atoms with van der Waals surface area (Å²) in [6.07, 6.45) is 1.74. The molecule has 0 aliphatic carbocycles. The molecule has 0 aliphatic heterocycles. The average molecular weight is 206 g/mol. The molecule has 0 spiro atoms. The highest BCUT2D eigenvalue weighted by Crippen LogP contribution is 2.25. The Labute approximate surface area is 86.1 Å². The van der Waals surface area contributed by atoms with Crippen LogP contribution in [-0.2, 0) is 6.61 Å². The Kier molecular flexibility index (Phi) is 2.56. The lowest BCUT2D eigenvalue weighted by atomic mass is 10.2. The van der Waals surface area contributed by atoms with E-state index in [1.54, 1.807) is 6.20 Å². The van der Waals surface area contributed by atoms with Gasteiger partial charge in [-0.1, -0.05) is 6.07 Å². The highest BCUT2D eigenvalue weighted by molar-refractivity contribution is 7.12. The second kappa shape index (κ2) is 3.86. The number of nitrogens with zero attached hydrogens (tertiary/aromatic N) is 2. The van der Waals surface area contributed by atoms with Crippen LogP contribution in [0.3, 0.4) is 0 Å². The summed E-state index contributed by atoms with van der Waals surface area (Å²) in [6.45, 7) is 1.99. The van der Waals surface area contributed by atoms with Crippen molar-refractivity contribution in [2.45, 2.75) is 13.5 Å². The number of hydrogen-bond acceptors (Lipinski definition) is 4. The van der Waals surface area contributed by atoms with Gasteiger partial charge in [0.25, 0.3) is 0 Å². The zero-order chi connectivity index (χ0) is 9.97. The molecule has 4 heteroatoms. The van der Waals surface area contributed by atoms with Crippen molar-refractivity contribution in [1.29, 1.82) is 0 Å². The van der Waals surface area contributed by atoms with Crippen molar-refractivity contribution >= 4 is 11.3 Å². The van der Waals surface area contributed by atoms with Gasteiger partial charge in [-0.2, -0.15) is 0 Å². The number of aromatic nitrogens is 2. The molecule has 0 fully saturated rings. The van der Waals surface area contributed by atoms with Gasteiger partial charge >= 0.3 is 0 Å². The zero-order valence-corrected chi connectivity index (χ0v) is 8.58. The molecule has 72 valence electrons. The summed E-state index contributed by atoms with van der Waals surface area (Å²) >= 11 is 1.51. The third kappa shape index (κ3) is 1.66. The summed E-state index contributed by atoms with van der Waals surface area (Å²) in [7, 11) is 0. The highest BCUT2D eigenvalue weighted by atomic mass is 32.1. The summed E-state index contributed by atoms with van der Waals surface area (Å²) < 4.78 is 0. The van der Waals surface area contributed by atoms with Gasteiger partial charge in [0.15, 0.2) is 0 Å². The molecule has 0 amide bonds. The molecule has 0 aliphatic rings. The molecular weight excluding hydrogens is 196 g/mol. The smallest absolute Gasteiger partial charge is 0.119 e. The lowest BCUT2D eigenvalue weighted by Gasteiger charge is -1.95. The summed E-state index contributed by atoms with van der Waals surface area (Å²) in [6, 6.07) is 5.72. The van der Waals surface area contributed by atoms with E-state index in [1.807, 2.05) is 25.1 Å². The lowest BCUT2D eigenvalue weighted by molar-refractivity contribution is 0.281. The lowest BCUT2D eigenvalue weighted by Crippen LogP contribution is -1.85. The van der Waals surface area contributed by atoms with Gasteiger partial charge in [0.2, 0.25) is 0 Å². The van der Waals surface area contributed by atoms with Crippen molar-refractivity contribution in [3.63, 3.8) is 0 Å². The molecule has 2 heterocycles. The number of pyridine rings is 1. The number of aliphatic hydroxyl groups excluding tert-OH is 1. The fraction of sp³-hybridized carbons (Fsp3) is 0.200. The zero-order valence-electron chi connectivity index (χ0n) is 7.77. The first-order valence-corrected chi connectivity index (χ1v) is 5.11. The second-order valence-corrected chi connectivity index (χ2v) is 4.17. The van der Waals surface area contributed by atoms with E-state index in [0.29, 0.717) is 0 Å². The van der Waals surface area contributed by atoms with E-state index in [0.717, 1.165) is 21.3 Å². The Balaban J connectivity index is 2.46. The topological polar surface area (TPSA) is 46.0 Å². The first kappa shape index (κ1) is 9.30. The third-order valence-corrected chi connectivity index (χ3v) is 2.84. The van der Waals surface area contributed by atoms with Gasteiger partial charge in [0, 0.05) is 11.1 Å². The summed E-state index contributed by atoms with van der Waals surface area (Å²) in [5.41, 5.74) is 1.74. The van der Waals surface area contributed by atoms with E-state index in [1.165, 1.54) is 11.3 Å². The van der Waals surface area contributed by atoms with Gasteiger partial charge in [0.1, 0.15) is 10.7 Å². The molecule has 2 rings (SSSR count). The van der Waals surface area contributed by atoms with Gasteiger partial charge in [-0.25, -0.2) is 4.98 Å². The van der Waals surface area contributed by atoms with E-state index in [4.69, 9.17) is 5.11 Å². The van der Waals surface area contributed by atoms with E-state index >= 15 is 0 Å². The van der Waals surface area contributed by atoms with Crippen molar-refractivity contribution in [3.8, 4) is 11.4 Å². The molecule has 0 radical (unpaired) electrons. The summed E-state index contributed by atoms with van der Waals surface area (Å²) in [5, 5.41) is 9.69. The molecule has 14 heavy (non-hydrogen) atoms. The number of hydrogen-bond donors (Lipinski definition) is 1. The SMILES string of the molecule is Cc1sc(CO)nc1-c1ccccn1. The minimum absolute atomic E-state index is 0.00165. The molecule has 2 aromatic rings. The Morgan fingerprint density at radius 3 is 2.86 bits per heavy atom. The minimum atomic E-state index is -0.00165. The van der Waals surface area contributed by atoms with Crippen LogP contribution >= 0.6 is 11.3 Å². The van der Waals surface area contributed by atoms with Crippen LogP contribution in [0.25, 0.3) is 11.4 Å². The van der Waals surface area contributed by atoms with Gasteiger partial charge in [0.05, 0.1) is 12.3 Å². The van der Waals surface area contributed by atoms with E-state index < -0.39 is 0 Å². The normalized spacial score (nSPS) is 10.4. The Bertz CT molecular complexity index is 425. The molecular formula is C10H10N2OS. The first-order chi connectivity index (χ1) is 6.81. The standard InChI is InChI=1S/C10H10N2OS/c1-7-10(12-9(6-13)14-7)8-4-2-3-5-11-8/h2-5,13H,6H2,1H3. The van der Waals surface area contributed by atoms with Gasteiger partial charge < -0.3 is 5.11 Å². The summed E-state index contributed by atoms with van der Waals surface area (Å²) in [4.78, 5) is 9.62. The molecule has 3 nitrogen and oxygen atoms in total. The maximum absolute atomic E-state index is 8.95.